The summed E-state index contributed by atoms with van der Waals surface area (Å²) < 4.78 is 18.6. The van der Waals surface area contributed by atoms with E-state index in [1.54, 1.807) is 37.3 Å². The lowest BCUT2D eigenvalue weighted by Crippen LogP contribution is -2.13. The number of rotatable bonds is 3. The third-order valence-electron chi connectivity index (χ3n) is 2.35. The Balaban J connectivity index is 2.54. The number of pyridine rings is 1. The molecule has 2 aromatic rings. The average Bonchev–Trinajstić information content (AvgIpc) is 2.39. The van der Waals surface area contributed by atoms with Crippen LogP contribution in [-0.2, 0) is 0 Å². The van der Waals surface area contributed by atoms with E-state index in [1.807, 2.05) is 0 Å². The minimum Gasteiger partial charge on any atom is -0.480 e. The summed E-state index contributed by atoms with van der Waals surface area (Å²) >= 11 is 0. The van der Waals surface area contributed by atoms with E-state index in [9.17, 15) is 4.39 Å². The van der Waals surface area contributed by atoms with Crippen LogP contribution in [0.2, 0.25) is 0 Å². The summed E-state index contributed by atoms with van der Waals surface area (Å²) in [5.41, 5.74) is 0.628. The lowest BCUT2D eigenvalue weighted by molar-refractivity contribution is 0.399. The molecule has 0 N–H and O–H groups in total. The second-order valence-corrected chi connectivity index (χ2v) is 3.82. The molecule has 5 nitrogen and oxygen atoms in total. The van der Waals surface area contributed by atoms with Gasteiger partial charge >= 0.3 is 0 Å². The van der Waals surface area contributed by atoms with Crippen molar-refractivity contribution in [2.45, 2.75) is 0 Å². The molecule has 0 radical (unpaired) electrons. The molecule has 18 heavy (non-hydrogen) atoms. The minimum absolute atomic E-state index is 0.228. The smallest absolute Gasteiger partial charge is 0.224 e. The summed E-state index contributed by atoms with van der Waals surface area (Å²) in [6.45, 7) is 0. The van der Waals surface area contributed by atoms with Crippen LogP contribution in [0.3, 0.4) is 0 Å². The highest BCUT2D eigenvalue weighted by Gasteiger charge is 2.13. The molecule has 0 aliphatic heterocycles. The Kier molecular flexibility index (Phi) is 3.36. The third kappa shape index (κ3) is 2.22. The van der Waals surface area contributed by atoms with Crippen molar-refractivity contribution in [2.75, 3.05) is 26.1 Å². The molecule has 0 aromatic carbocycles. The Morgan fingerprint density at radius 2 is 2.06 bits per heavy atom. The first-order valence-electron chi connectivity index (χ1n) is 5.32. The Morgan fingerprint density at radius 1 is 1.28 bits per heavy atom. The predicted octanol–water partition coefficient (Wildman–Crippen LogP) is 1.75. The first-order valence-corrected chi connectivity index (χ1v) is 5.32. The van der Waals surface area contributed by atoms with Gasteiger partial charge in [0.25, 0.3) is 0 Å². The Hall–Kier alpha value is -2.24. The summed E-state index contributed by atoms with van der Waals surface area (Å²) in [7, 11) is 4.95. The minimum atomic E-state index is -0.466. The van der Waals surface area contributed by atoms with Crippen molar-refractivity contribution in [3.05, 3.63) is 30.3 Å². The van der Waals surface area contributed by atoms with Gasteiger partial charge in [0.2, 0.25) is 5.88 Å². The van der Waals surface area contributed by atoms with Gasteiger partial charge in [0, 0.05) is 20.3 Å². The lowest BCUT2D eigenvalue weighted by Gasteiger charge is -2.13. The second-order valence-electron chi connectivity index (χ2n) is 3.82. The van der Waals surface area contributed by atoms with Crippen molar-refractivity contribution in [1.82, 2.24) is 15.0 Å². The summed E-state index contributed by atoms with van der Waals surface area (Å²) in [4.78, 5) is 13.8. The monoisotopic (exact) mass is 248 g/mol. The zero-order chi connectivity index (χ0) is 13.1. The number of hydrogen-bond acceptors (Lipinski definition) is 5. The number of aromatic nitrogens is 3. The first kappa shape index (κ1) is 12.2. The van der Waals surface area contributed by atoms with Crippen molar-refractivity contribution in [3.8, 4) is 17.3 Å². The maximum Gasteiger partial charge on any atom is 0.224 e. The largest absolute Gasteiger partial charge is 0.480 e. The Labute approximate surface area is 104 Å². The van der Waals surface area contributed by atoms with Crippen LogP contribution in [0.5, 0.6) is 5.88 Å². The zero-order valence-electron chi connectivity index (χ0n) is 10.4. The quantitative estimate of drug-likeness (QED) is 0.828. The van der Waals surface area contributed by atoms with Crippen LogP contribution in [-0.4, -0.2) is 36.2 Å². The van der Waals surface area contributed by atoms with E-state index in [0.717, 1.165) is 6.20 Å². The molecule has 0 fully saturated rings. The molecule has 2 heterocycles. The number of hydrogen-bond donors (Lipinski definition) is 0. The van der Waals surface area contributed by atoms with Crippen molar-refractivity contribution in [2.24, 2.45) is 0 Å². The topological polar surface area (TPSA) is 51.1 Å². The van der Waals surface area contributed by atoms with Crippen LogP contribution in [0.25, 0.3) is 11.4 Å². The van der Waals surface area contributed by atoms with Crippen LogP contribution >= 0.6 is 0 Å². The lowest BCUT2D eigenvalue weighted by atomic mass is 10.2. The molecule has 6 heteroatoms. The van der Waals surface area contributed by atoms with Crippen molar-refractivity contribution in [1.29, 1.82) is 0 Å². The van der Waals surface area contributed by atoms with Gasteiger partial charge in [0.1, 0.15) is 0 Å². The third-order valence-corrected chi connectivity index (χ3v) is 2.35. The van der Waals surface area contributed by atoms with Gasteiger partial charge in [-0.25, -0.2) is 19.3 Å². The van der Waals surface area contributed by atoms with E-state index in [1.165, 1.54) is 7.11 Å². The number of anilines is 1. The fourth-order valence-corrected chi connectivity index (χ4v) is 1.53. The molecular weight excluding hydrogens is 235 g/mol. The van der Waals surface area contributed by atoms with Crippen LogP contribution < -0.4 is 9.64 Å². The number of halogens is 1. The molecule has 0 saturated carbocycles. The molecule has 94 valence electrons. The Morgan fingerprint density at radius 3 is 2.72 bits per heavy atom. The highest BCUT2D eigenvalue weighted by Crippen LogP contribution is 2.26. The summed E-state index contributed by atoms with van der Waals surface area (Å²) in [6, 6.07) is 3.53. The molecule has 0 spiro atoms. The standard InChI is InChI=1S/C12H13FN4O/c1-17(2)11-9(13)7-15-10(16-11)8-5-4-6-14-12(8)18-3/h4-7H,1-3H3. The van der Waals surface area contributed by atoms with Gasteiger partial charge < -0.3 is 9.64 Å². The molecule has 0 atom stereocenters. The summed E-state index contributed by atoms with van der Waals surface area (Å²) in [5.74, 6) is 0.552. The van der Waals surface area contributed by atoms with Gasteiger partial charge in [-0.3, -0.25) is 0 Å². The van der Waals surface area contributed by atoms with Crippen LogP contribution in [0.4, 0.5) is 10.2 Å². The average molecular weight is 248 g/mol. The van der Waals surface area contributed by atoms with E-state index in [0.29, 0.717) is 17.3 Å². The zero-order valence-corrected chi connectivity index (χ0v) is 10.4. The molecule has 2 rings (SSSR count). The van der Waals surface area contributed by atoms with E-state index in [-0.39, 0.29) is 5.82 Å². The van der Waals surface area contributed by atoms with Gasteiger partial charge in [0.15, 0.2) is 17.5 Å². The Bertz CT molecular complexity index is 560. The maximum absolute atomic E-state index is 13.5. The fraction of sp³-hybridized carbons (Fsp3) is 0.250. The molecule has 0 aliphatic rings. The first-order chi connectivity index (χ1) is 8.63. The normalized spacial score (nSPS) is 10.2. The van der Waals surface area contributed by atoms with E-state index < -0.39 is 5.82 Å². The second kappa shape index (κ2) is 4.95. The van der Waals surface area contributed by atoms with Crippen molar-refractivity contribution < 1.29 is 9.13 Å². The summed E-state index contributed by atoms with van der Waals surface area (Å²) in [5, 5.41) is 0. The van der Waals surface area contributed by atoms with Gasteiger partial charge in [-0.05, 0) is 12.1 Å². The summed E-state index contributed by atoms with van der Waals surface area (Å²) in [6.07, 6.45) is 2.75. The highest BCUT2D eigenvalue weighted by atomic mass is 19.1. The van der Waals surface area contributed by atoms with Gasteiger partial charge in [-0.1, -0.05) is 0 Å². The SMILES string of the molecule is COc1ncccc1-c1ncc(F)c(N(C)C)n1. The molecule has 0 bridgehead atoms. The molecule has 2 aromatic heterocycles. The predicted molar refractivity (Wildman–Crippen MR) is 66.1 cm³/mol. The molecule has 0 aliphatic carbocycles. The molecule has 0 unspecified atom stereocenters. The van der Waals surface area contributed by atoms with Crippen molar-refractivity contribution in [3.63, 3.8) is 0 Å². The number of ether oxygens (including phenoxy) is 1. The molecule has 0 amide bonds. The van der Waals surface area contributed by atoms with Gasteiger partial charge in [-0.15, -0.1) is 0 Å². The van der Waals surface area contributed by atoms with Gasteiger partial charge in [0.05, 0.1) is 18.9 Å². The van der Waals surface area contributed by atoms with Crippen molar-refractivity contribution >= 4 is 5.82 Å². The van der Waals surface area contributed by atoms with E-state index >= 15 is 0 Å². The van der Waals surface area contributed by atoms with E-state index in [2.05, 4.69) is 15.0 Å². The van der Waals surface area contributed by atoms with Gasteiger partial charge in [-0.2, -0.15) is 0 Å². The highest BCUT2D eigenvalue weighted by molar-refractivity contribution is 5.62. The fourth-order valence-electron chi connectivity index (χ4n) is 1.53. The molecular formula is C12H13FN4O. The van der Waals surface area contributed by atoms with Crippen LogP contribution in [0.15, 0.2) is 24.5 Å². The molecule has 0 saturated heterocycles. The number of nitrogens with zero attached hydrogens (tertiary/aromatic N) is 4. The van der Waals surface area contributed by atoms with E-state index in [4.69, 9.17) is 4.74 Å². The van der Waals surface area contributed by atoms with Crippen LogP contribution in [0.1, 0.15) is 0 Å². The van der Waals surface area contributed by atoms with Crippen LogP contribution in [0, 0.1) is 5.82 Å². The maximum atomic E-state index is 13.5. The number of methoxy groups -OCH3 is 1.